The Kier molecular flexibility index (Phi) is 4.32. The van der Waals surface area contributed by atoms with Gasteiger partial charge in [-0.25, -0.2) is 9.97 Å². The molecule has 1 N–H and O–H groups in total. The molecule has 4 heterocycles. The highest BCUT2D eigenvalue weighted by atomic mass is 32.1. The van der Waals surface area contributed by atoms with E-state index in [0.717, 1.165) is 46.9 Å². The Morgan fingerprint density at radius 2 is 2.04 bits per heavy atom. The fourth-order valence-electron chi connectivity index (χ4n) is 3.14. The highest BCUT2D eigenvalue weighted by Gasteiger charge is 2.15. The second-order valence-electron chi connectivity index (χ2n) is 6.42. The van der Waals surface area contributed by atoms with E-state index in [2.05, 4.69) is 39.5 Å². The van der Waals surface area contributed by atoms with Crippen molar-refractivity contribution in [2.24, 2.45) is 0 Å². The number of ether oxygens (including phenoxy) is 2. The van der Waals surface area contributed by atoms with E-state index in [4.69, 9.17) is 14.0 Å². The van der Waals surface area contributed by atoms with E-state index in [9.17, 15) is 0 Å². The molecule has 0 saturated heterocycles. The maximum Gasteiger partial charge on any atom is 0.231 e. The lowest BCUT2D eigenvalue weighted by atomic mass is 10.1. The zero-order chi connectivity index (χ0) is 18.9. The number of benzene rings is 1. The van der Waals surface area contributed by atoms with Crippen LogP contribution in [0.4, 0.5) is 5.82 Å². The number of hydrogen-bond acceptors (Lipinski definition) is 8. The van der Waals surface area contributed by atoms with Crippen molar-refractivity contribution in [3.05, 3.63) is 47.0 Å². The zero-order valence-electron chi connectivity index (χ0n) is 15.3. The lowest BCUT2D eigenvalue weighted by molar-refractivity contribution is 0.174. The summed E-state index contributed by atoms with van der Waals surface area (Å²) in [5, 5.41) is 8.27. The van der Waals surface area contributed by atoms with Crippen LogP contribution < -0.4 is 14.8 Å². The van der Waals surface area contributed by atoms with E-state index < -0.39 is 0 Å². The second kappa shape index (κ2) is 7.12. The molecule has 0 atom stereocenters. The van der Waals surface area contributed by atoms with Gasteiger partial charge in [0, 0.05) is 17.5 Å². The number of nitrogens with one attached hydrogen (secondary N) is 1. The minimum atomic E-state index is 0.290. The molecule has 3 aromatic heterocycles. The van der Waals surface area contributed by atoms with Crippen molar-refractivity contribution in [1.82, 2.24) is 15.1 Å². The molecule has 0 saturated carbocycles. The van der Waals surface area contributed by atoms with Gasteiger partial charge in [-0.3, -0.25) is 0 Å². The van der Waals surface area contributed by atoms with Gasteiger partial charge in [0.25, 0.3) is 0 Å². The fraction of sp³-hybridized carbons (Fsp3) is 0.250. The molecule has 28 heavy (non-hydrogen) atoms. The molecule has 0 unspecified atom stereocenters. The zero-order valence-corrected chi connectivity index (χ0v) is 16.1. The molecular formula is C20H18N4O3S. The minimum absolute atomic E-state index is 0.290. The third-order valence-corrected chi connectivity index (χ3v) is 5.77. The summed E-state index contributed by atoms with van der Waals surface area (Å²) in [6.45, 7) is 3.17. The Hall–Kier alpha value is -3.13. The van der Waals surface area contributed by atoms with Gasteiger partial charge in [-0.2, -0.15) is 0 Å². The molecule has 0 bridgehead atoms. The SMILES string of the molecule is CCc1cc2c(NCCc3ccc4c(c3)OCO4)nc(-c3ccno3)nc2s1. The number of anilines is 1. The largest absolute Gasteiger partial charge is 0.454 e. The van der Waals surface area contributed by atoms with E-state index in [0.29, 0.717) is 11.6 Å². The van der Waals surface area contributed by atoms with E-state index >= 15 is 0 Å². The molecule has 0 radical (unpaired) electrons. The van der Waals surface area contributed by atoms with Crippen LogP contribution in [-0.4, -0.2) is 28.5 Å². The number of fused-ring (bicyclic) bond motifs is 2. The van der Waals surface area contributed by atoms with E-state index in [-0.39, 0.29) is 6.79 Å². The Morgan fingerprint density at radius 1 is 1.11 bits per heavy atom. The first-order valence-corrected chi connectivity index (χ1v) is 9.95. The van der Waals surface area contributed by atoms with Crippen LogP contribution in [0.2, 0.25) is 0 Å². The van der Waals surface area contributed by atoms with Crippen molar-refractivity contribution in [1.29, 1.82) is 0 Å². The molecule has 7 nitrogen and oxygen atoms in total. The third-order valence-electron chi connectivity index (χ3n) is 4.59. The Morgan fingerprint density at radius 3 is 2.89 bits per heavy atom. The predicted octanol–water partition coefficient (Wildman–Crippen LogP) is 4.29. The standard InChI is InChI=1S/C20H18N4O3S/c1-2-13-10-14-18(23-19(24-20(14)28-13)16-6-8-22-27-16)21-7-5-12-3-4-15-17(9-12)26-11-25-15/h3-4,6,8-10H,2,5,7,11H2,1H3,(H,21,23,24). The monoisotopic (exact) mass is 394 g/mol. The van der Waals surface area contributed by atoms with Crippen LogP contribution >= 0.6 is 11.3 Å². The van der Waals surface area contributed by atoms with Crippen molar-refractivity contribution in [2.75, 3.05) is 18.7 Å². The average molecular weight is 394 g/mol. The van der Waals surface area contributed by atoms with Crippen LogP contribution in [0.3, 0.4) is 0 Å². The summed E-state index contributed by atoms with van der Waals surface area (Å²) >= 11 is 1.68. The first kappa shape index (κ1) is 17.0. The molecule has 8 heteroatoms. The van der Waals surface area contributed by atoms with Crippen LogP contribution in [-0.2, 0) is 12.8 Å². The molecule has 0 spiro atoms. The van der Waals surface area contributed by atoms with Gasteiger partial charge in [0.15, 0.2) is 11.5 Å². The third kappa shape index (κ3) is 3.16. The van der Waals surface area contributed by atoms with Gasteiger partial charge < -0.3 is 19.3 Å². The molecule has 0 aliphatic carbocycles. The quantitative estimate of drug-likeness (QED) is 0.522. The molecule has 1 aliphatic rings. The van der Waals surface area contributed by atoms with Crippen molar-refractivity contribution >= 4 is 27.4 Å². The van der Waals surface area contributed by atoms with Gasteiger partial charge in [-0.15, -0.1) is 11.3 Å². The van der Waals surface area contributed by atoms with Gasteiger partial charge in [0.2, 0.25) is 18.4 Å². The summed E-state index contributed by atoms with van der Waals surface area (Å²) < 4.78 is 16.1. The smallest absolute Gasteiger partial charge is 0.231 e. The maximum atomic E-state index is 5.46. The average Bonchev–Trinajstić information content (AvgIpc) is 3.46. The first-order valence-electron chi connectivity index (χ1n) is 9.14. The maximum absolute atomic E-state index is 5.46. The Balaban J connectivity index is 1.40. The summed E-state index contributed by atoms with van der Waals surface area (Å²) in [5.74, 6) is 3.52. The van der Waals surface area contributed by atoms with Crippen LogP contribution in [0.5, 0.6) is 11.5 Å². The highest BCUT2D eigenvalue weighted by molar-refractivity contribution is 7.18. The van der Waals surface area contributed by atoms with Gasteiger partial charge in [0.05, 0.1) is 11.6 Å². The predicted molar refractivity (Wildman–Crippen MR) is 107 cm³/mol. The van der Waals surface area contributed by atoms with E-state index in [1.807, 2.05) is 12.1 Å². The normalized spacial score (nSPS) is 12.6. The number of thiophene rings is 1. The molecule has 1 aromatic carbocycles. The van der Waals surface area contributed by atoms with Gasteiger partial charge in [0.1, 0.15) is 10.6 Å². The summed E-state index contributed by atoms with van der Waals surface area (Å²) in [7, 11) is 0. The first-order chi connectivity index (χ1) is 13.8. The highest BCUT2D eigenvalue weighted by Crippen LogP contribution is 2.33. The van der Waals surface area contributed by atoms with Gasteiger partial charge in [-0.1, -0.05) is 18.1 Å². The van der Waals surface area contributed by atoms with Crippen molar-refractivity contribution in [3.8, 4) is 23.1 Å². The number of hydrogen-bond donors (Lipinski definition) is 1. The number of rotatable bonds is 6. The topological polar surface area (TPSA) is 82.3 Å². The molecule has 0 amide bonds. The van der Waals surface area contributed by atoms with Gasteiger partial charge >= 0.3 is 0 Å². The van der Waals surface area contributed by atoms with Crippen molar-refractivity contribution in [2.45, 2.75) is 19.8 Å². The Bertz CT molecular complexity index is 1120. The number of nitrogens with zero attached hydrogens (tertiary/aromatic N) is 3. The number of aryl methyl sites for hydroxylation is 1. The minimum Gasteiger partial charge on any atom is -0.454 e. The van der Waals surface area contributed by atoms with Crippen LogP contribution in [0.1, 0.15) is 17.4 Å². The van der Waals surface area contributed by atoms with Gasteiger partial charge in [-0.05, 0) is 36.6 Å². The second-order valence-corrected chi connectivity index (χ2v) is 7.54. The molecular weight excluding hydrogens is 376 g/mol. The van der Waals surface area contributed by atoms with Crippen molar-refractivity contribution in [3.63, 3.8) is 0 Å². The summed E-state index contributed by atoms with van der Waals surface area (Å²) in [6.07, 6.45) is 3.40. The fourth-order valence-corrected chi connectivity index (χ4v) is 4.11. The lowest BCUT2D eigenvalue weighted by Gasteiger charge is -2.08. The Labute approximate surface area is 165 Å². The lowest BCUT2D eigenvalue weighted by Crippen LogP contribution is -2.07. The number of aromatic nitrogens is 3. The van der Waals surface area contributed by atoms with Crippen LogP contribution in [0.25, 0.3) is 21.8 Å². The van der Waals surface area contributed by atoms with E-state index in [1.165, 1.54) is 10.4 Å². The molecule has 0 fully saturated rings. The van der Waals surface area contributed by atoms with Crippen molar-refractivity contribution < 1.29 is 14.0 Å². The molecule has 1 aliphatic heterocycles. The van der Waals surface area contributed by atoms with Crippen LogP contribution in [0.15, 0.2) is 41.1 Å². The summed E-state index contributed by atoms with van der Waals surface area (Å²) in [5.41, 5.74) is 1.18. The molecule has 142 valence electrons. The molecule has 4 aromatic rings. The summed E-state index contributed by atoms with van der Waals surface area (Å²) in [6, 6.07) is 9.97. The van der Waals surface area contributed by atoms with E-state index in [1.54, 1.807) is 23.6 Å². The summed E-state index contributed by atoms with van der Waals surface area (Å²) in [4.78, 5) is 11.6. The van der Waals surface area contributed by atoms with Crippen LogP contribution in [0, 0.1) is 0 Å². The molecule has 5 rings (SSSR count).